The average Bonchev–Trinajstić information content (AvgIpc) is 3.24. The molecule has 6 heteroatoms. The van der Waals surface area contributed by atoms with Gasteiger partial charge in [0.2, 0.25) is 5.91 Å². The van der Waals surface area contributed by atoms with Crippen LogP contribution in [0, 0.1) is 5.92 Å². The number of para-hydroxylation sites is 1. The molecular weight excluding hydrogens is 388 g/mol. The van der Waals surface area contributed by atoms with Gasteiger partial charge in [-0.3, -0.25) is 9.59 Å². The van der Waals surface area contributed by atoms with Crippen LogP contribution in [0.3, 0.4) is 0 Å². The molecule has 31 heavy (non-hydrogen) atoms. The first-order valence-electron chi connectivity index (χ1n) is 10.9. The zero-order valence-electron chi connectivity index (χ0n) is 17.8. The Morgan fingerprint density at radius 2 is 1.65 bits per heavy atom. The summed E-state index contributed by atoms with van der Waals surface area (Å²) in [7, 11) is 0. The van der Waals surface area contributed by atoms with E-state index >= 15 is 0 Å². The van der Waals surface area contributed by atoms with E-state index in [1.54, 1.807) is 17.7 Å². The van der Waals surface area contributed by atoms with Crippen molar-refractivity contribution in [2.24, 2.45) is 5.92 Å². The fourth-order valence-electron chi connectivity index (χ4n) is 4.02. The highest BCUT2D eigenvalue weighted by molar-refractivity contribution is 5.95. The van der Waals surface area contributed by atoms with Crippen molar-refractivity contribution in [3.63, 3.8) is 0 Å². The zero-order chi connectivity index (χ0) is 21.6. The third-order valence-corrected chi connectivity index (χ3v) is 5.79. The number of amides is 2. The van der Waals surface area contributed by atoms with Crippen molar-refractivity contribution < 1.29 is 9.59 Å². The van der Waals surface area contributed by atoms with Gasteiger partial charge in [-0.1, -0.05) is 55.5 Å². The standard InChI is InChI=1S/C25H28N4O2/c1-2-24(30)26-23-18-22(27-29(23)21-11-7-4-8-12-21)25(31)28-15-13-20(14-16-28)17-19-9-5-3-6-10-19/h3-12,18,20H,2,13-17H2,1H3,(H,26,30). The fourth-order valence-corrected chi connectivity index (χ4v) is 4.02. The summed E-state index contributed by atoms with van der Waals surface area (Å²) in [5, 5.41) is 7.40. The van der Waals surface area contributed by atoms with E-state index in [-0.39, 0.29) is 11.8 Å². The first-order chi connectivity index (χ1) is 15.1. The number of nitrogens with one attached hydrogen (secondary N) is 1. The molecule has 1 fully saturated rings. The van der Waals surface area contributed by atoms with E-state index in [4.69, 9.17) is 0 Å². The lowest BCUT2D eigenvalue weighted by Crippen LogP contribution is -2.39. The smallest absolute Gasteiger partial charge is 0.274 e. The highest BCUT2D eigenvalue weighted by Gasteiger charge is 2.26. The van der Waals surface area contributed by atoms with Crippen LogP contribution in [0.25, 0.3) is 5.69 Å². The number of carbonyl (C=O) groups is 2. The Labute approximate surface area is 182 Å². The third-order valence-electron chi connectivity index (χ3n) is 5.79. The van der Waals surface area contributed by atoms with E-state index in [0.29, 0.717) is 23.9 Å². The first kappa shape index (κ1) is 20.8. The SMILES string of the molecule is CCC(=O)Nc1cc(C(=O)N2CCC(Cc3ccccc3)CC2)nn1-c1ccccc1. The molecule has 1 aliphatic rings. The molecule has 1 aliphatic heterocycles. The number of piperidine rings is 1. The predicted octanol–water partition coefficient (Wildman–Crippen LogP) is 4.32. The number of hydrogen-bond donors (Lipinski definition) is 1. The van der Waals surface area contributed by atoms with Crippen molar-refractivity contribution in [1.82, 2.24) is 14.7 Å². The number of aromatic nitrogens is 2. The van der Waals surface area contributed by atoms with Gasteiger partial charge in [0.25, 0.3) is 5.91 Å². The van der Waals surface area contributed by atoms with Crippen LogP contribution in [0.1, 0.15) is 42.2 Å². The lowest BCUT2D eigenvalue weighted by Gasteiger charge is -2.31. The zero-order valence-corrected chi connectivity index (χ0v) is 17.8. The van der Waals surface area contributed by atoms with E-state index in [1.807, 2.05) is 41.3 Å². The van der Waals surface area contributed by atoms with Gasteiger partial charge in [-0.15, -0.1) is 0 Å². The van der Waals surface area contributed by atoms with Crippen molar-refractivity contribution in [1.29, 1.82) is 0 Å². The Balaban J connectivity index is 1.46. The number of anilines is 1. The molecule has 0 unspecified atom stereocenters. The molecule has 4 rings (SSSR count). The number of hydrogen-bond acceptors (Lipinski definition) is 3. The van der Waals surface area contributed by atoms with Crippen LogP contribution >= 0.6 is 0 Å². The summed E-state index contributed by atoms with van der Waals surface area (Å²) in [4.78, 5) is 27.0. The van der Waals surface area contributed by atoms with Crippen LogP contribution in [0.15, 0.2) is 66.7 Å². The van der Waals surface area contributed by atoms with Gasteiger partial charge in [-0.05, 0) is 42.9 Å². The van der Waals surface area contributed by atoms with Gasteiger partial charge in [0, 0.05) is 25.6 Å². The molecule has 3 aromatic rings. The maximum atomic E-state index is 13.2. The van der Waals surface area contributed by atoms with Crippen molar-refractivity contribution in [2.75, 3.05) is 18.4 Å². The molecule has 0 bridgehead atoms. The van der Waals surface area contributed by atoms with E-state index in [9.17, 15) is 9.59 Å². The van der Waals surface area contributed by atoms with E-state index in [2.05, 4.69) is 34.7 Å². The molecule has 0 aliphatic carbocycles. The molecule has 1 N–H and O–H groups in total. The number of likely N-dealkylation sites (tertiary alicyclic amines) is 1. The van der Waals surface area contributed by atoms with Crippen molar-refractivity contribution in [3.8, 4) is 5.69 Å². The molecule has 0 spiro atoms. The minimum Gasteiger partial charge on any atom is -0.337 e. The summed E-state index contributed by atoms with van der Waals surface area (Å²) >= 11 is 0. The molecule has 2 aromatic carbocycles. The topological polar surface area (TPSA) is 67.2 Å². The molecule has 0 atom stereocenters. The van der Waals surface area contributed by atoms with Crippen LogP contribution in [0.4, 0.5) is 5.82 Å². The summed E-state index contributed by atoms with van der Waals surface area (Å²) in [6, 6.07) is 21.7. The van der Waals surface area contributed by atoms with Gasteiger partial charge >= 0.3 is 0 Å². The molecule has 1 saturated heterocycles. The largest absolute Gasteiger partial charge is 0.337 e. The fraction of sp³-hybridized carbons (Fsp3) is 0.320. The molecule has 160 valence electrons. The third kappa shape index (κ3) is 5.02. The van der Waals surface area contributed by atoms with Crippen LogP contribution in [0.5, 0.6) is 0 Å². The number of benzene rings is 2. The normalized spacial score (nSPS) is 14.4. The van der Waals surface area contributed by atoms with Crippen molar-refractivity contribution >= 4 is 17.6 Å². The maximum absolute atomic E-state index is 13.2. The van der Waals surface area contributed by atoms with E-state index < -0.39 is 0 Å². The molecule has 6 nitrogen and oxygen atoms in total. The van der Waals surface area contributed by atoms with Crippen LogP contribution < -0.4 is 5.32 Å². The summed E-state index contributed by atoms with van der Waals surface area (Å²) in [6.45, 7) is 3.25. The number of nitrogens with zero attached hydrogens (tertiary/aromatic N) is 3. The lowest BCUT2D eigenvalue weighted by molar-refractivity contribution is -0.115. The predicted molar refractivity (Wildman–Crippen MR) is 121 cm³/mol. The quantitative estimate of drug-likeness (QED) is 0.651. The van der Waals surface area contributed by atoms with Gasteiger partial charge in [-0.25, -0.2) is 4.68 Å². The maximum Gasteiger partial charge on any atom is 0.274 e. The summed E-state index contributed by atoms with van der Waals surface area (Å²) in [6.07, 6.45) is 3.38. The van der Waals surface area contributed by atoms with Crippen LogP contribution in [0.2, 0.25) is 0 Å². The lowest BCUT2D eigenvalue weighted by atomic mass is 9.90. The van der Waals surface area contributed by atoms with Crippen molar-refractivity contribution in [3.05, 3.63) is 78.0 Å². The van der Waals surface area contributed by atoms with Crippen molar-refractivity contribution in [2.45, 2.75) is 32.6 Å². The minimum atomic E-state index is -0.113. The molecular formula is C25H28N4O2. The molecule has 0 radical (unpaired) electrons. The molecule has 2 amide bonds. The summed E-state index contributed by atoms with van der Waals surface area (Å²) < 4.78 is 1.63. The van der Waals surface area contributed by atoms with Gasteiger partial charge in [-0.2, -0.15) is 5.10 Å². The van der Waals surface area contributed by atoms with Gasteiger partial charge < -0.3 is 10.2 Å². The Hall–Kier alpha value is -3.41. The monoisotopic (exact) mass is 416 g/mol. The second-order valence-electron chi connectivity index (χ2n) is 7.99. The second-order valence-corrected chi connectivity index (χ2v) is 7.99. The number of carbonyl (C=O) groups excluding carboxylic acids is 2. The second kappa shape index (κ2) is 9.60. The van der Waals surface area contributed by atoms with Crippen LogP contribution in [-0.4, -0.2) is 39.6 Å². The van der Waals surface area contributed by atoms with E-state index in [0.717, 1.165) is 38.0 Å². The Morgan fingerprint density at radius 1 is 1.00 bits per heavy atom. The van der Waals surface area contributed by atoms with Crippen LogP contribution in [-0.2, 0) is 11.2 Å². The highest BCUT2D eigenvalue weighted by Crippen LogP contribution is 2.24. The summed E-state index contributed by atoms with van der Waals surface area (Å²) in [5.74, 6) is 0.908. The average molecular weight is 417 g/mol. The summed E-state index contributed by atoms with van der Waals surface area (Å²) in [5.41, 5.74) is 2.51. The molecule has 0 saturated carbocycles. The Bertz CT molecular complexity index is 1020. The Morgan fingerprint density at radius 3 is 2.29 bits per heavy atom. The minimum absolute atomic E-state index is 0.0835. The van der Waals surface area contributed by atoms with Gasteiger partial charge in [0.05, 0.1) is 5.69 Å². The first-order valence-corrected chi connectivity index (χ1v) is 10.9. The molecule has 1 aromatic heterocycles. The number of rotatable bonds is 6. The Kier molecular flexibility index (Phi) is 6.46. The molecule has 2 heterocycles. The van der Waals surface area contributed by atoms with Gasteiger partial charge in [0.1, 0.15) is 5.82 Å². The highest BCUT2D eigenvalue weighted by atomic mass is 16.2. The van der Waals surface area contributed by atoms with Gasteiger partial charge in [0.15, 0.2) is 5.69 Å². The van der Waals surface area contributed by atoms with E-state index in [1.165, 1.54) is 5.56 Å².